The van der Waals surface area contributed by atoms with E-state index >= 15 is 0 Å². The van der Waals surface area contributed by atoms with Crippen LogP contribution in [0.4, 0.5) is 5.95 Å². The van der Waals surface area contributed by atoms with Crippen LogP contribution in [0, 0.1) is 6.92 Å². The van der Waals surface area contributed by atoms with Crippen molar-refractivity contribution in [1.82, 2.24) is 14.9 Å². The quantitative estimate of drug-likeness (QED) is 0.821. The van der Waals surface area contributed by atoms with Crippen molar-refractivity contribution in [2.24, 2.45) is 0 Å². The Balaban J connectivity index is 1.81. The summed E-state index contributed by atoms with van der Waals surface area (Å²) in [4.78, 5) is 26.2. The molecule has 1 aliphatic rings. The molecule has 2 heterocycles. The molecular formula is C21H28N4O. The van der Waals surface area contributed by atoms with E-state index < -0.39 is 0 Å². The highest BCUT2D eigenvalue weighted by Crippen LogP contribution is 2.22. The number of anilines is 1. The Morgan fingerprint density at radius 3 is 2.73 bits per heavy atom. The number of aromatic nitrogens is 2. The Bertz CT molecular complexity index is 747. The Labute approximate surface area is 156 Å². The topological polar surface area (TPSA) is 49.3 Å². The predicted molar refractivity (Wildman–Crippen MR) is 104 cm³/mol. The first-order valence-electron chi connectivity index (χ1n) is 9.50. The molecule has 5 heteroatoms. The van der Waals surface area contributed by atoms with Gasteiger partial charge in [-0.3, -0.25) is 4.79 Å². The Kier molecular flexibility index (Phi) is 5.86. The molecule has 1 unspecified atom stereocenters. The monoisotopic (exact) mass is 352 g/mol. The summed E-state index contributed by atoms with van der Waals surface area (Å²) < 4.78 is 0. The number of hydrogen-bond acceptors (Lipinski definition) is 4. The molecule has 0 radical (unpaired) electrons. The molecule has 1 aromatic carbocycles. The van der Waals surface area contributed by atoms with Crippen molar-refractivity contribution in [3.05, 3.63) is 53.3 Å². The molecule has 1 saturated heterocycles. The Morgan fingerprint density at radius 1 is 1.23 bits per heavy atom. The lowest BCUT2D eigenvalue weighted by Gasteiger charge is -2.35. The highest BCUT2D eigenvalue weighted by atomic mass is 16.2. The molecule has 2 aromatic rings. The summed E-state index contributed by atoms with van der Waals surface area (Å²) in [7, 11) is 1.96. The van der Waals surface area contributed by atoms with Crippen LogP contribution in [-0.4, -0.2) is 40.4 Å². The largest absolute Gasteiger partial charge is 0.340 e. The molecule has 26 heavy (non-hydrogen) atoms. The molecule has 1 aromatic heterocycles. The van der Waals surface area contributed by atoms with Gasteiger partial charge in [0.05, 0.1) is 0 Å². The first kappa shape index (κ1) is 18.4. The number of carbonyl (C=O) groups excluding carboxylic acids is 1. The molecule has 1 amide bonds. The number of carbonyl (C=O) groups is 1. The fourth-order valence-corrected chi connectivity index (χ4v) is 3.60. The van der Waals surface area contributed by atoms with Crippen molar-refractivity contribution in [1.29, 1.82) is 0 Å². The number of likely N-dealkylation sites (tertiary alicyclic amines) is 1. The summed E-state index contributed by atoms with van der Waals surface area (Å²) >= 11 is 0. The third-order valence-corrected chi connectivity index (χ3v) is 5.02. The van der Waals surface area contributed by atoms with E-state index in [9.17, 15) is 4.79 Å². The van der Waals surface area contributed by atoms with Crippen molar-refractivity contribution in [3.63, 3.8) is 0 Å². The van der Waals surface area contributed by atoms with Crippen LogP contribution >= 0.6 is 0 Å². The molecule has 0 saturated carbocycles. The molecule has 0 N–H and O–H groups in total. The number of hydrogen-bond donors (Lipinski definition) is 0. The Morgan fingerprint density at radius 2 is 2.00 bits per heavy atom. The van der Waals surface area contributed by atoms with E-state index in [2.05, 4.69) is 29.0 Å². The predicted octanol–water partition coefficient (Wildman–Crippen LogP) is 3.83. The van der Waals surface area contributed by atoms with Gasteiger partial charge in [0, 0.05) is 31.9 Å². The minimum atomic E-state index is 0.0383. The number of piperidine rings is 1. The number of benzene rings is 1. The van der Waals surface area contributed by atoms with E-state index in [-0.39, 0.29) is 5.91 Å². The van der Waals surface area contributed by atoms with Gasteiger partial charge in [0.1, 0.15) is 5.69 Å². The van der Waals surface area contributed by atoms with E-state index in [1.807, 2.05) is 48.0 Å². The lowest BCUT2D eigenvalue weighted by Crippen LogP contribution is -2.43. The molecule has 0 aliphatic carbocycles. The van der Waals surface area contributed by atoms with Crippen LogP contribution in [0.1, 0.15) is 54.4 Å². The highest BCUT2D eigenvalue weighted by molar-refractivity contribution is 5.93. The molecule has 5 nitrogen and oxygen atoms in total. The fraction of sp³-hybridized carbons (Fsp3) is 0.476. The van der Waals surface area contributed by atoms with E-state index in [1.165, 1.54) is 12.0 Å². The van der Waals surface area contributed by atoms with Crippen molar-refractivity contribution in [3.8, 4) is 0 Å². The van der Waals surface area contributed by atoms with E-state index in [0.717, 1.165) is 31.5 Å². The molecule has 0 spiro atoms. The first-order chi connectivity index (χ1) is 12.6. The summed E-state index contributed by atoms with van der Waals surface area (Å²) in [6.07, 6.45) is 4.37. The van der Waals surface area contributed by atoms with Gasteiger partial charge in [0.15, 0.2) is 0 Å². The molecule has 138 valence electrons. The van der Waals surface area contributed by atoms with Gasteiger partial charge in [0.25, 0.3) is 5.91 Å². The summed E-state index contributed by atoms with van der Waals surface area (Å²) in [6, 6.07) is 12.4. The van der Waals surface area contributed by atoms with Gasteiger partial charge >= 0.3 is 0 Å². The molecule has 1 atom stereocenters. The standard InChI is InChI=1S/C21H28N4O/c1-4-18-12-8-9-13-25(18)20(26)19-14-16(2)22-21(23-19)24(3)15-17-10-6-5-7-11-17/h5-7,10-11,14,18H,4,8-9,12-13,15H2,1-3H3. The summed E-state index contributed by atoms with van der Waals surface area (Å²) in [5, 5.41) is 0. The second-order valence-electron chi connectivity index (χ2n) is 7.09. The van der Waals surface area contributed by atoms with Gasteiger partial charge in [-0.2, -0.15) is 0 Å². The van der Waals surface area contributed by atoms with E-state index in [4.69, 9.17) is 0 Å². The molecule has 1 aliphatic heterocycles. The zero-order valence-electron chi connectivity index (χ0n) is 16.0. The third kappa shape index (κ3) is 4.21. The molecule has 0 bridgehead atoms. The van der Waals surface area contributed by atoms with Crippen LogP contribution in [0.3, 0.4) is 0 Å². The van der Waals surface area contributed by atoms with Gasteiger partial charge in [-0.05, 0) is 44.2 Å². The summed E-state index contributed by atoms with van der Waals surface area (Å²) in [6.45, 7) is 5.61. The molecule has 1 fully saturated rings. The van der Waals surface area contributed by atoms with Gasteiger partial charge < -0.3 is 9.80 Å². The second-order valence-corrected chi connectivity index (χ2v) is 7.09. The maximum Gasteiger partial charge on any atom is 0.272 e. The number of aryl methyl sites for hydroxylation is 1. The molecule has 3 rings (SSSR count). The van der Waals surface area contributed by atoms with E-state index in [0.29, 0.717) is 24.2 Å². The zero-order valence-corrected chi connectivity index (χ0v) is 16.0. The van der Waals surface area contributed by atoms with Gasteiger partial charge in [-0.15, -0.1) is 0 Å². The lowest BCUT2D eigenvalue weighted by atomic mass is 9.99. The summed E-state index contributed by atoms with van der Waals surface area (Å²) in [5.74, 6) is 0.638. The second kappa shape index (κ2) is 8.30. The maximum atomic E-state index is 13.1. The third-order valence-electron chi connectivity index (χ3n) is 5.02. The van der Waals surface area contributed by atoms with Gasteiger partial charge in [0.2, 0.25) is 5.95 Å². The van der Waals surface area contributed by atoms with Gasteiger partial charge in [-0.1, -0.05) is 37.3 Å². The number of rotatable bonds is 5. The van der Waals surface area contributed by atoms with Crippen LogP contribution in [0.2, 0.25) is 0 Å². The maximum absolute atomic E-state index is 13.1. The van der Waals surface area contributed by atoms with Crippen molar-refractivity contribution in [2.45, 2.75) is 52.1 Å². The normalized spacial score (nSPS) is 17.2. The van der Waals surface area contributed by atoms with Crippen LogP contribution in [0.25, 0.3) is 0 Å². The van der Waals surface area contributed by atoms with Crippen LogP contribution in [0.15, 0.2) is 36.4 Å². The van der Waals surface area contributed by atoms with Gasteiger partial charge in [-0.25, -0.2) is 9.97 Å². The van der Waals surface area contributed by atoms with Crippen LogP contribution in [0.5, 0.6) is 0 Å². The minimum absolute atomic E-state index is 0.0383. The van der Waals surface area contributed by atoms with Crippen molar-refractivity contribution < 1.29 is 4.79 Å². The average molecular weight is 352 g/mol. The van der Waals surface area contributed by atoms with Crippen LogP contribution in [-0.2, 0) is 6.54 Å². The zero-order chi connectivity index (χ0) is 18.5. The highest BCUT2D eigenvalue weighted by Gasteiger charge is 2.27. The minimum Gasteiger partial charge on any atom is -0.340 e. The van der Waals surface area contributed by atoms with Crippen molar-refractivity contribution in [2.75, 3.05) is 18.5 Å². The smallest absolute Gasteiger partial charge is 0.272 e. The average Bonchev–Trinajstić information content (AvgIpc) is 2.67. The SMILES string of the molecule is CCC1CCCCN1C(=O)c1cc(C)nc(N(C)Cc2ccccc2)n1. The first-order valence-corrected chi connectivity index (χ1v) is 9.50. The molecular weight excluding hydrogens is 324 g/mol. The lowest BCUT2D eigenvalue weighted by molar-refractivity contribution is 0.0601. The summed E-state index contributed by atoms with van der Waals surface area (Å²) in [5.41, 5.74) is 2.52. The van der Waals surface area contributed by atoms with E-state index in [1.54, 1.807) is 0 Å². The van der Waals surface area contributed by atoms with Crippen molar-refractivity contribution >= 4 is 11.9 Å². The fourth-order valence-electron chi connectivity index (χ4n) is 3.60. The number of amides is 1. The Hall–Kier alpha value is -2.43. The van der Waals surface area contributed by atoms with Crippen LogP contribution < -0.4 is 4.90 Å². The number of nitrogens with zero attached hydrogens (tertiary/aromatic N) is 4.